The van der Waals surface area contributed by atoms with Crippen LogP contribution in [0.4, 0.5) is 0 Å². The minimum absolute atomic E-state index is 0.545. The van der Waals surface area contributed by atoms with Gasteiger partial charge in [-0.3, -0.25) is 5.10 Å². The van der Waals surface area contributed by atoms with Gasteiger partial charge in [0.15, 0.2) is 5.82 Å². The first-order chi connectivity index (χ1) is 8.31. The zero-order valence-corrected chi connectivity index (χ0v) is 11.2. The molecule has 6 heteroatoms. The Balaban J connectivity index is 2.19. The van der Waals surface area contributed by atoms with Crippen molar-refractivity contribution in [1.82, 2.24) is 14.9 Å². The first kappa shape index (κ1) is 12.2. The lowest BCUT2D eigenvalue weighted by atomic mass is 10.2. The summed E-state index contributed by atoms with van der Waals surface area (Å²) in [5.74, 6) is 0.893. The molecule has 2 rings (SSSR count). The molecular formula is C11H14N4S2. The topological polar surface area (TPSA) is 46.0 Å². The summed E-state index contributed by atoms with van der Waals surface area (Å²) in [6.45, 7) is 2.15. The van der Waals surface area contributed by atoms with Crippen LogP contribution in [-0.2, 0) is 6.42 Å². The Labute approximate surface area is 109 Å². The molecule has 0 atom stereocenters. The molecule has 2 aromatic rings. The molecule has 4 nitrogen and oxygen atoms in total. The highest BCUT2D eigenvalue weighted by Gasteiger charge is 2.03. The predicted octanol–water partition coefficient (Wildman–Crippen LogP) is 3.23. The highest BCUT2D eigenvalue weighted by atomic mass is 32.1. The molecule has 2 heterocycles. The van der Waals surface area contributed by atoms with Gasteiger partial charge in [0.05, 0.1) is 6.21 Å². The third-order valence-electron chi connectivity index (χ3n) is 2.32. The van der Waals surface area contributed by atoms with Gasteiger partial charge in [-0.2, -0.15) is 14.9 Å². The fourth-order valence-electron chi connectivity index (χ4n) is 1.42. The summed E-state index contributed by atoms with van der Waals surface area (Å²) in [6, 6.07) is 4.02. The monoisotopic (exact) mass is 266 g/mol. The van der Waals surface area contributed by atoms with Crippen molar-refractivity contribution >= 4 is 29.8 Å². The number of hydrogen-bond acceptors (Lipinski definition) is 4. The third kappa shape index (κ3) is 3.10. The van der Waals surface area contributed by atoms with Crippen molar-refractivity contribution < 1.29 is 0 Å². The first-order valence-corrected chi connectivity index (χ1v) is 6.84. The van der Waals surface area contributed by atoms with E-state index in [-0.39, 0.29) is 0 Å². The second-order valence-electron chi connectivity index (χ2n) is 3.62. The Morgan fingerprint density at radius 3 is 3.24 bits per heavy atom. The third-order valence-corrected chi connectivity index (χ3v) is 3.39. The molecule has 0 aliphatic carbocycles. The number of hydrogen-bond donors (Lipinski definition) is 1. The van der Waals surface area contributed by atoms with Crippen molar-refractivity contribution in [3.05, 3.63) is 33.0 Å². The van der Waals surface area contributed by atoms with E-state index in [2.05, 4.69) is 22.2 Å². The smallest absolute Gasteiger partial charge is 0.216 e. The molecule has 0 aromatic carbocycles. The van der Waals surface area contributed by atoms with Gasteiger partial charge in [0, 0.05) is 11.3 Å². The van der Waals surface area contributed by atoms with Crippen molar-refractivity contribution in [3.63, 3.8) is 0 Å². The molecule has 90 valence electrons. The maximum Gasteiger partial charge on any atom is 0.216 e. The van der Waals surface area contributed by atoms with Crippen molar-refractivity contribution in [3.8, 4) is 0 Å². The highest BCUT2D eigenvalue weighted by Crippen LogP contribution is 2.07. The van der Waals surface area contributed by atoms with Crippen LogP contribution in [0.25, 0.3) is 0 Å². The molecule has 0 aliphatic rings. The maximum atomic E-state index is 5.15. The lowest BCUT2D eigenvalue weighted by molar-refractivity contribution is 0.700. The number of aryl methyl sites for hydroxylation is 1. The molecule has 1 N–H and O–H groups in total. The average Bonchev–Trinajstić information content (AvgIpc) is 2.94. The standard InChI is InChI=1S/C11H14N4S2/c1-2-3-6-10-13-14-11(16)15(10)12-8-9-5-4-7-17-9/h4-5,7-8H,2-3,6H2,1H3,(H,14,16)/b12-8+. The van der Waals surface area contributed by atoms with Crippen LogP contribution in [0.1, 0.15) is 30.5 Å². The number of H-pyrrole nitrogens is 1. The first-order valence-electron chi connectivity index (χ1n) is 5.55. The van der Waals surface area contributed by atoms with Crippen LogP contribution in [0.2, 0.25) is 0 Å². The van der Waals surface area contributed by atoms with Gasteiger partial charge in [-0.05, 0) is 30.1 Å². The molecule has 0 saturated heterocycles. The lowest BCUT2D eigenvalue weighted by Crippen LogP contribution is -1.98. The molecule has 2 aromatic heterocycles. The maximum absolute atomic E-state index is 5.15. The van der Waals surface area contributed by atoms with Crippen molar-refractivity contribution in [2.75, 3.05) is 0 Å². The van der Waals surface area contributed by atoms with Crippen molar-refractivity contribution in [2.45, 2.75) is 26.2 Å². The van der Waals surface area contributed by atoms with Crippen LogP contribution in [-0.4, -0.2) is 21.1 Å². The van der Waals surface area contributed by atoms with Gasteiger partial charge >= 0.3 is 0 Å². The number of rotatable bonds is 5. The molecule has 0 bridgehead atoms. The van der Waals surface area contributed by atoms with Gasteiger partial charge in [0.25, 0.3) is 0 Å². The summed E-state index contributed by atoms with van der Waals surface area (Å²) in [6.07, 6.45) is 4.93. The van der Waals surface area contributed by atoms with Gasteiger partial charge in [-0.25, -0.2) is 0 Å². The number of nitrogens with one attached hydrogen (secondary N) is 1. The summed E-state index contributed by atoms with van der Waals surface area (Å²) in [5, 5.41) is 13.4. The van der Waals surface area contributed by atoms with Crippen LogP contribution in [0.5, 0.6) is 0 Å². The summed E-state index contributed by atoms with van der Waals surface area (Å²) >= 11 is 6.80. The van der Waals surface area contributed by atoms with Crippen LogP contribution in [0.15, 0.2) is 22.6 Å². The second-order valence-corrected chi connectivity index (χ2v) is 4.99. The molecule has 0 amide bonds. The van der Waals surface area contributed by atoms with E-state index >= 15 is 0 Å². The number of nitrogens with zero attached hydrogens (tertiary/aromatic N) is 3. The molecule has 0 aliphatic heterocycles. The van der Waals surface area contributed by atoms with Crippen LogP contribution < -0.4 is 0 Å². The second kappa shape index (κ2) is 5.88. The van der Waals surface area contributed by atoms with Gasteiger partial charge in [0.1, 0.15) is 0 Å². The predicted molar refractivity (Wildman–Crippen MR) is 73.3 cm³/mol. The average molecular weight is 266 g/mol. The van der Waals surface area contributed by atoms with Crippen molar-refractivity contribution in [2.24, 2.45) is 5.10 Å². The van der Waals surface area contributed by atoms with Gasteiger partial charge in [-0.1, -0.05) is 19.4 Å². The normalized spacial score (nSPS) is 11.4. The quantitative estimate of drug-likeness (QED) is 0.667. The van der Waals surface area contributed by atoms with E-state index in [1.807, 2.05) is 23.7 Å². The minimum atomic E-state index is 0.545. The van der Waals surface area contributed by atoms with E-state index in [0.29, 0.717) is 4.77 Å². The Morgan fingerprint density at radius 2 is 2.53 bits per heavy atom. The van der Waals surface area contributed by atoms with Gasteiger partial charge < -0.3 is 0 Å². The Morgan fingerprint density at radius 1 is 1.65 bits per heavy atom. The van der Waals surface area contributed by atoms with Gasteiger partial charge in [0.2, 0.25) is 4.77 Å². The Bertz CT molecular complexity index is 536. The molecular weight excluding hydrogens is 252 g/mol. The number of unbranched alkanes of at least 4 members (excludes halogenated alkanes) is 1. The Hall–Kier alpha value is -1.27. The zero-order chi connectivity index (χ0) is 12.1. The van der Waals surface area contributed by atoms with Crippen molar-refractivity contribution in [1.29, 1.82) is 0 Å². The van der Waals surface area contributed by atoms with Crippen LogP contribution in [0, 0.1) is 4.77 Å². The van der Waals surface area contributed by atoms with Crippen LogP contribution >= 0.6 is 23.6 Å². The van der Waals surface area contributed by atoms with Gasteiger partial charge in [-0.15, -0.1) is 11.3 Å². The molecule has 0 unspecified atom stereocenters. The number of aromatic nitrogens is 3. The number of aromatic amines is 1. The lowest BCUT2D eigenvalue weighted by Gasteiger charge is -1.98. The fraction of sp³-hybridized carbons (Fsp3) is 0.364. The largest absolute Gasteiger partial charge is 0.250 e. The number of thiophene rings is 1. The summed E-state index contributed by atoms with van der Waals surface area (Å²) in [4.78, 5) is 1.11. The fourth-order valence-corrected chi connectivity index (χ4v) is 2.20. The van der Waals surface area contributed by atoms with Crippen LogP contribution in [0.3, 0.4) is 0 Å². The SMILES string of the molecule is CCCCc1n[nH]c(=S)n1/N=C/c1cccs1. The Kier molecular flexibility index (Phi) is 4.22. The van der Waals surface area contributed by atoms with E-state index < -0.39 is 0 Å². The van der Waals surface area contributed by atoms with E-state index in [4.69, 9.17) is 12.2 Å². The highest BCUT2D eigenvalue weighted by molar-refractivity contribution is 7.71. The minimum Gasteiger partial charge on any atom is -0.250 e. The molecule has 0 radical (unpaired) electrons. The molecule has 17 heavy (non-hydrogen) atoms. The molecule has 0 spiro atoms. The zero-order valence-electron chi connectivity index (χ0n) is 9.59. The van der Waals surface area contributed by atoms with E-state index in [0.717, 1.165) is 30.0 Å². The van der Waals surface area contributed by atoms with E-state index in [1.54, 1.807) is 16.0 Å². The summed E-state index contributed by atoms with van der Waals surface area (Å²) < 4.78 is 2.24. The van der Waals surface area contributed by atoms with E-state index in [9.17, 15) is 0 Å². The molecule has 0 fully saturated rings. The molecule has 0 saturated carbocycles. The van der Waals surface area contributed by atoms with E-state index in [1.165, 1.54) is 0 Å². The summed E-state index contributed by atoms with van der Waals surface area (Å²) in [7, 11) is 0. The summed E-state index contributed by atoms with van der Waals surface area (Å²) in [5.41, 5.74) is 0.